The van der Waals surface area contributed by atoms with E-state index in [-0.39, 0.29) is 17.4 Å². The second-order valence-corrected chi connectivity index (χ2v) is 5.38. The van der Waals surface area contributed by atoms with Gasteiger partial charge in [0.1, 0.15) is 23.4 Å². The second kappa shape index (κ2) is 7.85. The molecule has 7 heteroatoms. The second-order valence-electron chi connectivity index (χ2n) is 5.38. The number of halogens is 1. The molecule has 26 heavy (non-hydrogen) atoms. The molecule has 0 unspecified atom stereocenters. The molecular weight excluding hydrogens is 333 g/mol. The summed E-state index contributed by atoms with van der Waals surface area (Å²) in [5, 5.41) is 14.6. The monoisotopic (exact) mass is 347 g/mol. The minimum atomic E-state index is -0.355. The van der Waals surface area contributed by atoms with Crippen LogP contribution >= 0.6 is 0 Å². The van der Waals surface area contributed by atoms with Gasteiger partial charge in [-0.1, -0.05) is 12.1 Å². The maximum Gasteiger partial charge on any atom is 0.259 e. The molecule has 0 radical (unpaired) electrons. The lowest BCUT2D eigenvalue weighted by Crippen LogP contribution is -2.16. The van der Waals surface area contributed by atoms with E-state index in [9.17, 15) is 9.18 Å². The summed E-state index contributed by atoms with van der Waals surface area (Å²) in [5.74, 6) is -0.246. The highest BCUT2D eigenvalue weighted by Gasteiger charge is 2.12. The van der Waals surface area contributed by atoms with Gasteiger partial charge in [-0.2, -0.15) is 5.26 Å². The van der Waals surface area contributed by atoms with Crippen molar-refractivity contribution in [3.05, 3.63) is 83.6 Å². The maximum absolute atomic E-state index is 13.0. The zero-order valence-electron chi connectivity index (χ0n) is 13.6. The Hall–Kier alpha value is -3.79. The predicted octanol–water partition coefficient (Wildman–Crippen LogP) is 3.35. The first-order valence-corrected chi connectivity index (χ1v) is 7.76. The minimum Gasteiger partial charge on any atom is -0.365 e. The Morgan fingerprint density at radius 2 is 1.92 bits per heavy atom. The Balaban J connectivity index is 1.72. The zero-order valence-corrected chi connectivity index (χ0v) is 13.6. The molecule has 3 aromatic rings. The fourth-order valence-corrected chi connectivity index (χ4v) is 2.25. The van der Waals surface area contributed by atoms with Gasteiger partial charge in [0.05, 0.1) is 17.4 Å². The molecule has 0 aliphatic rings. The van der Waals surface area contributed by atoms with Crippen LogP contribution < -0.4 is 10.6 Å². The molecule has 0 saturated carbocycles. The molecule has 3 rings (SSSR count). The van der Waals surface area contributed by atoms with E-state index in [1.54, 1.807) is 36.5 Å². The number of amides is 1. The summed E-state index contributed by atoms with van der Waals surface area (Å²) in [6.07, 6.45) is 2.99. The maximum atomic E-state index is 13.0. The molecule has 0 saturated heterocycles. The molecular formula is C19H14FN5O. The highest BCUT2D eigenvalue weighted by Crippen LogP contribution is 2.16. The van der Waals surface area contributed by atoms with Crippen LogP contribution in [0.4, 0.5) is 15.9 Å². The average molecular weight is 347 g/mol. The van der Waals surface area contributed by atoms with Gasteiger partial charge >= 0.3 is 0 Å². The van der Waals surface area contributed by atoms with Gasteiger partial charge in [0.2, 0.25) is 0 Å². The lowest BCUT2D eigenvalue weighted by Gasteiger charge is -2.11. The van der Waals surface area contributed by atoms with E-state index in [4.69, 9.17) is 5.26 Å². The SMILES string of the molecule is N#Cc1ccc(NC(=O)c2cccnc2NCc2ccc(F)cc2)cn1. The van der Waals surface area contributed by atoms with Gasteiger partial charge in [0.25, 0.3) is 5.91 Å². The normalized spacial score (nSPS) is 10.0. The summed E-state index contributed by atoms with van der Waals surface area (Å²) < 4.78 is 13.0. The van der Waals surface area contributed by atoms with Crippen LogP contribution in [0.15, 0.2) is 60.9 Å². The van der Waals surface area contributed by atoms with Crippen molar-refractivity contribution in [2.75, 3.05) is 10.6 Å². The van der Waals surface area contributed by atoms with Crippen LogP contribution in [-0.2, 0) is 6.54 Å². The Labute approximate surface area is 149 Å². The molecule has 0 fully saturated rings. The summed E-state index contributed by atoms with van der Waals surface area (Å²) >= 11 is 0. The van der Waals surface area contributed by atoms with Crippen molar-refractivity contribution in [1.82, 2.24) is 9.97 Å². The van der Waals surface area contributed by atoms with Crippen LogP contribution in [0.25, 0.3) is 0 Å². The number of carbonyl (C=O) groups is 1. The first-order chi connectivity index (χ1) is 12.7. The Kier molecular flexibility index (Phi) is 5.15. The number of hydrogen-bond donors (Lipinski definition) is 2. The lowest BCUT2D eigenvalue weighted by atomic mass is 10.2. The third-order valence-electron chi connectivity index (χ3n) is 3.56. The summed E-state index contributed by atoms with van der Waals surface area (Å²) in [5.41, 5.74) is 1.96. The quantitative estimate of drug-likeness (QED) is 0.738. The first kappa shape index (κ1) is 17.0. The number of nitriles is 1. The predicted molar refractivity (Wildman–Crippen MR) is 94.9 cm³/mol. The van der Waals surface area contributed by atoms with Crippen molar-refractivity contribution < 1.29 is 9.18 Å². The number of anilines is 2. The molecule has 1 aromatic carbocycles. The molecule has 128 valence electrons. The first-order valence-electron chi connectivity index (χ1n) is 7.76. The number of nitrogens with one attached hydrogen (secondary N) is 2. The molecule has 0 bridgehead atoms. The number of hydrogen-bond acceptors (Lipinski definition) is 5. The van der Waals surface area contributed by atoms with E-state index in [2.05, 4.69) is 20.6 Å². The van der Waals surface area contributed by atoms with E-state index < -0.39 is 0 Å². The topological polar surface area (TPSA) is 90.7 Å². The molecule has 2 aromatic heterocycles. The van der Waals surface area contributed by atoms with Crippen LogP contribution in [0.5, 0.6) is 0 Å². The number of aromatic nitrogens is 2. The zero-order chi connectivity index (χ0) is 18.4. The molecule has 2 heterocycles. The fourth-order valence-electron chi connectivity index (χ4n) is 2.25. The number of rotatable bonds is 5. The highest BCUT2D eigenvalue weighted by molar-refractivity contribution is 6.07. The lowest BCUT2D eigenvalue weighted by molar-refractivity contribution is 0.102. The largest absolute Gasteiger partial charge is 0.365 e. The Morgan fingerprint density at radius 1 is 1.12 bits per heavy atom. The molecule has 1 amide bonds. The van der Waals surface area contributed by atoms with Crippen molar-refractivity contribution in [2.45, 2.75) is 6.54 Å². The number of pyridine rings is 2. The smallest absolute Gasteiger partial charge is 0.259 e. The van der Waals surface area contributed by atoms with E-state index >= 15 is 0 Å². The van der Waals surface area contributed by atoms with Gasteiger partial charge in [0, 0.05) is 12.7 Å². The van der Waals surface area contributed by atoms with Crippen molar-refractivity contribution in [3.63, 3.8) is 0 Å². The molecule has 0 aliphatic carbocycles. The summed E-state index contributed by atoms with van der Waals surface area (Å²) in [6.45, 7) is 0.399. The number of nitrogens with zero attached hydrogens (tertiary/aromatic N) is 3. The van der Waals surface area contributed by atoms with Crippen molar-refractivity contribution in [1.29, 1.82) is 5.26 Å². The molecule has 2 N–H and O–H groups in total. The van der Waals surface area contributed by atoms with Crippen LogP contribution in [0.2, 0.25) is 0 Å². The summed E-state index contributed by atoms with van der Waals surface area (Å²) in [6, 6.07) is 14.4. The third kappa shape index (κ3) is 4.19. The van der Waals surface area contributed by atoms with E-state index in [1.807, 2.05) is 6.07 Å². The summed E-state index contributed by atoms with van der Waals surface area (Å²) in [7, 11) is 0. The molecule has 0 aliphatic heterocycles. The minimum absolute atomic E-state index is 0.269. The molecule has 0 atom stereocenters. The number of benzene rings is 1. The fraction of sp³-hybridized carbons (Fsp3) is 0.0526. The standard InChI is InChI=1S/C19H14FN5O/c20-14-5-3-13(4-6-14)11-24-18-17(2-1-9-22-18)19(26)25-16-8-7-15(10-21)23-12-16/h1-9,12H,11H2,(H,22,24)(H,25,26). The molecule has 0 spiro atoms. The van der Waals surface area contributed by atoms with Crippen LogP contribution in [-0.4, -0.2) is 15.9 Å². The van der Waals surface area contributed by atoms with Gasteiger partial charge in [0.15, 0.2) is 0 Å². The summed E-state index contributed by atoms with van der Waals surface area (Å²) in [4.78, 5) is 20.6. The average Bonchev–Trinajstić information content (AvgIpc) is 2.68. The highest BCUT2D eigenvalue weighted by atomic mass is 19.1. The van der Waals surface area contributed by atoms with Gasteiger partial charge in [-0.25, -0.2) is 14.4 Å². The van der Waals surface area contributed by atoms with E-state index in [1.165, 1.54) is 24.4 Å². The van der Waals surface area contributed by atoms with E-state index in [0.29, 0.717) is 23.6 Å². The third-order valence-corrected chi connectivity index (χ3v) is 3.56. The van der Waals surface area contributed by atoms with Gasteiger partial charge in [-0.3, -0.25) is 4.79 Å². The van der Waals surface area contributed by atoms with E-state index in [0.717, 1.165) is 5.56 Å². The molecule has 6 nitrogen and oxygen atoms in total. The van der Waals surface area contributed by atoms with Gasteiger partial charge in [-0.05, 0) is 42.0 Å². The van der Waals surface area contributed by atoms with Crippen LogP contribution in [0.3, 0.4) is 0 Å². The Bertz CT molecular complexity index is 949. The van der Waals surface area contributed by atoms with Crippen molar-refractivity contribution in [3.8, 4) is 6.07 Å². The van der Waals surface area contributed by atoms with Crippen LogP contribution in [0.1, 0.15) is 21.6 Å². The number of carbonyl (C=O) groups excluding carboxylic acids is 1. The van der Waals surface area contributed by atoms with Crippen molar-refractivity contribution >= 4 is 17.4 Å². The Morgan fingerprint density at radius 3 is 2.62 bits per heavy atom. The van der Waals surface area contributed by atoms with Crippen LogP contribution in [0, 0.1) is 17.1 Å². The van der Waals surface area contributed by atoms with Gasteiger partial charge in [-0.15, -0.1) is 0 Å². The van der Waals surface area contributed by atoms with Gasteiger partial charge < -0.3 is 10.6 Å². The van der Waals surface area contributed by atoms with Crippen molar-refractivity contribution in [2.24, 2.45) is 0 Å².